The standard InChI is InChI=1S/C18H14BrN3O3S2/c19-14-4-1-13(2-5-14)3-10-17(23)21-15-6-8-16(9-7-15)27(24,25)22-18-20-11-12-26-18/h1-12H,(H,20,22)(H,21,23)/b10-3+. The first kappa shape index (κ1) is 19.3. The number of carbonyl (C=O) groups is 1. The highest BCUT2D eigenvalue weighted by Crippen LogP contribution is 2.19. The van der Waals surface area contributed by atoms with Gasteiger partial charge in [0.15, 0.2) is 5.13 Å². The van der Waals surface area contributed by atoms with Crippen molar-refractivity contribution in [2.45, 2.75) is 4.90 Å². The van der Waals surface area contributed by atoms with Crippen molar-refractivity contribution >= 4 is 60.1 Å². The number of sulfonamides is 1. The van der Waals surface area contributed by atoms with Crippen LogP contribution in [-0.4, -0.2) is 19.3 Å². The molecular weight excluding hydrogens is 450 g/mol. The van der Waals surface area contributed by atoms with Gasteiger partial charge in [-0.15, -0.1) is 11.3 Å². The summed E-state index contributed by atoms with van der Waals surface area (Å²) in [5, 5.41) is 4.66. The van der Waals surface area contributed by atoms with Gasteiger partial charge in [0.1, 0.15) is 0 Å². The molecule has 0 aliphatic rings. The molecule has 0 saturated carbocycles. The number of aromatic nitrogens is 1. The Balaban J connectivity index is 1.63. The maximum Gasteiger partial charge on any atom is 0.263 e. The van der Waals surface area contributed by atoms with Crippen LogP contribution in [0.3, 0.4) is 0 Å². The van der Waals surface area contributed by atoms with Crippen LogP contribution in [0.4, 0.5) is 10.8 Å². The van der Waals surface area contributed by atoms with Crippen LogP contribution in [0.25, 0.3) is 6.08 Å². The molecule has 0 bridgehead atoms. The van der Waals surface area contributed by atoms with Gasteiger partial charge in [-0.2, -0.15) is 0 Å². The lowest BCUT2D eigenvalue weighted by molar-refractivity contribution is -0.111. The van der Waals surface area contributed by atoms with Gasteiger partial charge >= 0.3 is 0 Å². The fraction of sp³-hybridized carbons (Fsp3) is 0. The Kier molecular flexibility index (Phi) is 6.04. The molecule has 0 radical (unpaired) electrons. The van der Waals surface area contributed by atoms with Crippen LogP contribution in [0.5, 0.6) is 0 Å². The van der Waals surface area contributed by atoms with Gasteiger partial charge in [-0.05, 0) is 48.0 Å². The first-order valence-corrected chi connectivity index (χ1v) is 10.8. The highest BCUT2D eigenvalue weighted by atomic mass is 79.9. The zero-order valence-corrected chi connectivity index (χ0v) is 17.0. The van der Waals surface area contributed by atoms with Crippen molar-refractivity contribution < 1.29 is 13.2 Å². The Morgan fingerprint density at radius 2 is 1.78 bits per heavy atom. The van der Waals surface area contributed by atoms with Gasteiger partial charge in [-0.3, -0.25) is 9.52 Å². The summed E-state index contributed by atoms with van der Waals surface area (Å²) in [4.78, 5) is 16.0. The van der Waals surface area contributed by atoms with E-state index in [0.717, 1.165) is 10.0 Å². The molecule has 0 atom stereocenters. The van der Waals surface area contributed by atoms with Crippen molar-refractivity contribution in [3.05, 3.63) is 76.2 Å². The second-order valence-electron chi connectivity index (χ2n) is 5.34. The molecule has 6 nitrogen and oxygen atoms in total. The average Bonchev–Trinajstić information content (AvgIpc) is 3.14. The maximum absolute atomic E-state index is 12.3. The molecule has 0 spiro atoms. The topological polar surface area (TPSA) is 88.2 Å². The van der Waals surface area contributed by atoms with E-state index >= 15 is 0 Å². The fourth-order valence-corrected chi connectivity index (χ4v) is 4.15. The van der Waals surface area contributed by atoms with E-state index in [9.17, 15) is 13.2 Å². The third-order valence-corrected chi connectivity index (χ3v) is 6.08. The summed E-state index contributed by atoms with van der Waals surface area (Å²) < 4.78 is 27.9. The first-order valence-electron chi connectivity index (χ1n) is 7.69. The van der Waals surface area contributed by atoms with Crippen molar-refractivity contribution in [1.29, 1.82) is 0 Å². The lowest BCUT2D eigenvalue weighted by atomic mass is 10.2. The van der Waals surface area contributed by atoms with Crippen molar-refractivity contribution in [1.82, 2.24) is 4.98 Å². The molecule has 0 fully saturated rings. The minimum Gasteiger partial charge on any atom is -0.323 e. The fourth-order valence-electron chi connectivity index (χ4n) is 2.09. The third kappa shape index (κ3) is 5.49. The molecule has 0 aliphatic carbocycles. The molecule has 1 heterocycles. The van der Waals surface area contributed by atoms with E-state index in [-0.39, 0.29) is 10.8 Å². The number of anilines is 2. The molecule has 138 valence electrons. The maximum atomic E-state index is 12.3. The van der Waals surface area contributed by atoms with Crippen LogP contribution in [-0.2, 0) is 14.8 Å². The number of nitrogens with zero attached hydrogens (tertiary/aromatic N) is 1. The van der Waals surface area contributed by atoms with Gasteiger partial charge in [0.05, 0.1) is 4.90 Å². The third-order valence-electron chi connectivity index (χ3n) is 3.38. The number of carbonyl (C=O) groups excluding carboxylic acids is 1. The quantitative estimate of drug-likeness (QED) is 0.531. The van der Waals surface area contributed by atoms with Gasteiger partial charge in [-0.1, -0.05) is 28.1 Å². The Morgan fingerprint density at radius 3 is 2.41 bits per heavy atom. The van der Waals surface area contributed by atoms with Crippen LogP contribution in [0, 0.1) is 0 Å². The summed E-state index contributed by atoms with van der Waals surface area (Å²) in [5.74, 6) is -0.311. The van der Waals surface area contributed by atoms with Gasteiger partial charge in [-0.25, -0.2) is 13.4 Å². The largest absolute Gasteiger partial charge is 0.323 e. The summed E-state index contributed by atoms with van der Waals surface area (Å²) >= 11 is 4.54. The smallest absolute Gasteiger partial charge is 0.263 e. The number of hydrogen-bond donors (Lipinski definition) is 2. The van der Waals surface area contributed by atoms with Crippen molar-refractivity contribution in [3.8, 4) is 0 Å². The predicted octanol–water partition coefficient (Wildman–Crippen LogP) is 4.36. The average molecular weight is 464 g/mol. The molecule has 27 heavy (non-hydrogen) atoms. The number of nitrogens with one attached hydrogen (secondary N) is 2. The van der Waals surface area contributed by atoms with Crippen molar-refractivity contribution in [2.24, 2.45) is 0 Å². The van der Waals surface area contributed by atoms with E-state index < -0.39 is 10.0 Å². The van der Waals surface area contributed by atoms with Crippen LogP contribution in [0.15, 0.2) is 75.6 Å². The molecule has 0 unspecified atom stereocenters. The summed E-state index contributed by atoms with van der Waals surface area (Å²) in [6.45, 7) is 0. The number of rotatable bonds is 6. The minimum atomic E-state index is -3.71. The first-order chi connectivity index (χ1) is 12.9. The van der Waals surface area contributed by atoms with E-state index in [2.05, 4.69) is 31.0 Å². The number of hydrogen-bond acceptors (Lipinski definition) is 5. The molecule has 1 amide bonds. The second kappa shape index (κ2) is 8.47. The monoisotopic (exact) mass is 463 g/mol. The Hall–Kier alpha value is -2.49. The van der Waals surface area contributed by atoms with E-state index in [1.807, 2.05) is 24.3 Å². The zero-order chi connectivity index (χ0) is 19.3. The summed E-state index contributed by atoms with van der Waals surface area (Å²) in [6, 6.07) is 13.4. The number of halogens is 1. The SMILES string of the molecule is O=C(/C=C/c1ccc(Br)cc1)Nc1ccc(S(=O)(=O)Nc2nccs2)cc1. The summed E-state index contributed by atoms with van der Waals surface area (Å²) in [6.07, 6.45) is 4.62. The Morgan fingerprint density at radius 1 is 1.07 bits per heavy atom. The van der Waals surface area contributed by atoms with Gasteiger partial charge < -0.3 is 5.32 Å². The van der Waals surface area contributed by atoms with Crippen LogP contribution < -0.4 is 10.0 Å². The van der Waals surface area contributed by atoms with E-state index in [0.29, 0.717) is 10.8 Å². The molecular formula is C18H14BrN3O3S2. The molecule has 3 rings (SSSR count). The van der Waals surface area contributed by atoms with Gasteiger partial charge in [0, 0.05) is 27.8 Å². The van der Waals surface area contributed by atoms with E-state index in [1.165, 1.54) is 47.9 Å². The van der Waals surface area contributed by atoms with Crippen molar-refractivity contribution in [3.63, 3.8) is 0 Å². The molecule has 0 aliphatic heterocycles. The lowest BCUT2D eigenvalue weighted by Gasteiger charge is -2.07. The molecule has 3 aromatic rings. The lowest BCUT2D eigenvalue weighted by Crippen LogP contribution is -2.13. The summed E-state index contributed by atoms with van der Waals surface area (Å²) in [7, 11) is -3.71. The predicted molar refractivity (Wildman–Crippen MR) is 111 cm³/mol. The van der Waals surface area contributed by atoms with Crippen LogP contribution in [0.1, 0.15) is 5.56 Å². The van der Waals surface area contributed by atoms with E-state index in [1.54, 1.807) is 11.5 Å². The molecule has 2 aromatic carbocycles. The van der Waals surface area contributed by atoms with Gasteiger partial charge in [0.2, 0.25) is 5.91 Å². The summed E-state index contributed by atoms with van der Waals surface area (Å²) in [5.41, 5.74) is 1.39. The normalized spacial score (nSPS) is 11.4. The number of thiazole rings is 1. The van der Waals surface area contributed by atoms with E-state index in [4.69, 9.17) is 0 Å². The molecule has 1 aromatic heterocycles. The highest BCUT2D eigenvalue weighted by Gasteiger charge is 2.15. The number of benzene rings is 2. The second-order valence-corrected chi connectivity index (χ2v) is 8.83. The van der Waals surface area contributed by atoms with Gasteiger partial charge in [0.25, 0.3) is 10.0 Å². The Labute approximate surface area is 169 Å². The van der Waals surface area contributed by atoms with Crippen LogP contribution in [0.2, 0.25) is 0 Å². The Bertz CT molecular complexity index is 1050. The van der Waals surface area contributed by atoms with Crippen LogP contribution >= 0.6 is 27.3 Å². The van der Waals surface area contributed by atoms with Crippen molar-refractivity contribution in [2.75, 3.05) is 10.0 Å². The number of amides is 1. The molecule has 0 saturated heterocycles. The minimum absolute atomic E-state index is 0.0844. The zero-order valence-electron chi connectivity index (χ0n) is 13.8. The molecule has 2 N–H and O–H groups in total. The molecule has 9 heteroatoms. The highest BCUT2D eigenvalue weighted by molar-refractivity contribution is 9.10.